The van der Waals surface area contributed by atoms with Gasteiger partial charge in [-0.05, 0) is 13.8 Å². The summed E-state index contributed by atoms with van der Waals surface area (Å²) in [6.07, 6.45) is 0.186. The second-order valence-electron chi connectivity index (χ2n) is 2.26. The smallest absolute Gasteiger partial charge is 0.306 e. The van der Waals surface area contributed by atoms with Crippen molar-refractivity contribution in [1.82, 2.24) is 5.48 Å². The largest absolute Gasteiger partial charge is 0.466 e. The summed E-state index contributed by atoms with van der Waals surface area (Å²) >= 11 is 0. The molecule has 0 fully saturated rings. The zero-order valence-corrected chi connectivity index (χ0v) is 7.96. The third-order valence-corrected chi connectivity index (χ3v) is 1.19. The van der Waals surface area contributed by atoms with Crippen molar-refractivity contribution in [1.29, 1.82) is 0 Å². The van der Waals surface area contributed by atoms with Crippen LogP contribution >= 0.6 is 0 Å². The lowest BCUT2D eigenvalue weighted by atomic mass is 10.3. The number of carbonyl (C=O) groups is 2. The molecule has 0 saturated heterocycles. The van der Waals surface area contributed by atoms with Crippen LogP contribution in [0.1, 0.15) is 26.7 Å². The first kappa shape index (κ1) is 11.9. The number of esters is 1. The maximum Gasteiger partial charge on any atom is 0.306 e. The Bertz CT molecular complexity index is 170. The molecule has 76 valence electrons. The molecule has 13 heavy (non-hydrogen) atoms. The van der Waals surface area contributed by atoms with Gasteiger partial charge >= 0.3 is 5.97 Å². The normalized spacial score (nSPS) is 9.38. The van der Waals surface area contributed by atoms with E-state index in [1.807, 2.05) is 0 Å². The fourth-order valence-corrected chi connectivity index (χ4v) is 0.652. The van der Waals surface area contributed by atoms with Crippen molar-refractivity contribution in [3.05, 3.63) is 0 Å². The monoisotopic (exact) mass is 189 g/mol. The maximum atomic E-state index is 10.9. The standard InChI is InChI=1S/C8H15NO4/c1-3-12-8(11)6-5-7(10)9-13-4-2/h3-6H2,1-2H3,(H,9,10). The number of carbonyl (C=O) groups excluding carboxylic acids is 2. The van der Waals surface area contributed by atoms with Crippen LogP contribution in [0.5, 0.6) is 0 Å². The molecule has 0 aliphatic rings. The van der Waals surface area contributed by atoms with Gasteiger partial charge in [0.2, 0.25) is 5.91 Å². The first-order chi connectivity index (χ1) is 6.20. The molecule has 5 heteroatoms. The predicted molar refractivity (Wildman–Crippen MR) is 45.6 cm³/mol. The van der Waals surface area contributed by atoms with Gasteiger partial charge in [-0.1, -0.05) is 0 Å². The van der Waals surface area contributed by atoms with Crippen molar-refractivity contribution in [2.45, 2.75) is 26.7 Å². The molecule has 1 amide bonds. The van der Waals surface area contributed by atoms with Crippen LogP contribution in [0.4, 0.5) is 0 Å². The Balaban J connectivity index is 3.40. The maximum absolute atomic E-state index is 10.9. The van der Waals surface area contributed by atoms with Gasteiger partial charge in [-0.15, -0.1) is 0 Å². The Hall–Kier alpha value is -1.10. The zero-order valence-electron chi connectivity index (χ0n) is 7.96. The van der Waals surface area contributed by atoms with E-state index in [1.54, 1.807) is 13.8 Å². The molecule has 0 unspecified atom stereocenters. The van der Waals surface area contributed by atoms with Gasteiger partial charge in [0.1, 0.15) is 0 Å². The van der Waals surface area contributed by atoms with Gasteiger partial charge in [0.25, 0.3) is 0 Å². The van der Waals surface area contributed by atoms with E-state index in [9.17, 15) is 9.59 Å². The number of rotatable bonds is 6. The van der Waals surface area contributed by atoms with Crippen molar-refractivity contribution in [3.8, 4) is 0 Å². The quantitative estimate of drug-likeness (QED) is 0.485. The molecule has 0 rings (SSSR count). The van der Waals surface area contributed by atoms with E-state index in [0.29, 0.717) is 13.2 Å². The number of hydrogen-bond acceptors (Lipinski definition) is 4. The van der Waals surface area contributed by atoms with E-state index in [4.69, 9.17) is 0 Å². The molecule has 1 N–H and O–H groups in total. The van der Waals surface area contributed by atoms with Crippen molar-refractivity contribution >= 4 is 11.9 Å². The topological polar surface area (TPSA) is 64.6 Å². The number of hydrogen-bond donors (Lipinski definition) is 1. The molecule has 0 aromatic rings. The summed E-state index contributed by atoms with van der Waals surface area (Å²) in [6.45, 7) is 4.22. The number of hydroxylamine groups is 1. The molecule has 0 heterocycles. The van der Waals surface area contributed by atoms with E-state index in [1.165, 1.54) is 0 Å². The average Bonchev–Trinajstić information content (AvgIpc) is 2.12. The van der Waals surface area contributed by atoms with Gasteiger partial charge in [-0.3, -0.25) is 14.4 Å². The summed E-state index contributed by atoms with van der Waals surface area (Å²) in [5, 5.41) is 0. The highest BCUT2D eigenvalue weighted by Crippen LogP contribution is 1.92. The molecular weight excluding hydrogens is 174 g/mol. The van der Waals surface area contributed by atoms with Crippen LogP contribution in [0.25, 0.3) is 0 Å². The van der Waals surface area contributed by atoms with Gasteiger partial charge in [-0.25, -0.2) is 5.48 Å². The lowest BCUT2D eigenvalue weighted by molar-refractivity contribution is -0.146. The second kappa shape index (κ2) is 7.54. The first-order valence-electron chi connectivity index (χ1n) is 4.27. The third kappa shape index (κ3) is 7.27. The third-order valence-electron chi connectivity index (χ3n) is 1.19. The van der Waals surface area contributed by atoms with Crippen molar-refractivity contribution in [2.75, 3.05) is 13.2 Å². The molecule has 0 radical (unpaired) electrons. The van der Waals surface area contributed by atoms with Crippen molar-refractivity contribution in [2.24, 2.45) is 0 Å². The fourth-order valence-electron chi connectivity index (χ4n) is 0.652. The van der Waals surface area contributed by atoms with Crippen molar-refractivity contribution < 1.29 is 19.2 Å². The molecule has 0 aromatic carbocycles. The van der Waals surface area contributed by atoms with E-state index in [2.05, 4.69) is 15.1 Å². The second-order valence-corrected chi connectivity index (χ2v) is 2.26. The predicted octanol–water partition coefficient (Wildman–Crippen LogP) is 0.397. The number of amides is 1. The molecule has 0 aliphatic heterocycles. The lowest BCUT2D eigenvalue weighted by Gasteiger charge is -2.03. The molecule has 0 atom stereocenters. The Morgan fingerprint density at radius 2 is 1.85 bits per heavy atom. The molecule has 0 aliphatic carbocycles. The summed E-state index contributed by atoms with van der Waals surface area (Å²) in [6, 6.07) is 0. The van der Waals surface area contributed by atoms with Crippen LogP contribution in [0.2, 0.25) is 0 Å². The van der Waals surface area contributed by atoms with Gasteiger partial charge in [0, 0.05) is 6.42 Å². The Kier molecular flexibility index (Phi) is 6.91. The average molecular weight is 189 g/mol. The van der Waals surface area contributed by atoms with Gasteiger partial charge < -0.3 is 4.74 Å². The van der Waals surface area contributed by atoms with Gasteiger partial charge in [0.15, 0.2) is 0 Å². The summed E-state index contributed by atoms with van der Waals surface area (Å²) in [5.41, 5.74) is 2.18. The zero-order chi connectivity index (χ0) is 10.1. The van der Waals surface area contributed by atoms with E-state index in [-0.39, 0.29) is 24.7 Å². The van der Waals surface area contributed by atoms with Gasteiger partial charge in [0.05, 0.1) is 19.6 Å². The van der Waals surface area contributed by atoms with Crippen LogP contribution in [0.15, 0.2) is 0 Å². The highest BCUT2D eigenvalue weighted by atomic mass is 16.6. The van der Waals surface area contributed by atoms with Crippen LogP contribution in [0, 0.1) is 0 Å². The minimum Gasteiger partial charge on any atom is -0.466 e. The minimum absolute atomic E-state index is 0.0900. The number of nitrogens with one attached hydrogen (secondary N) is 1. The van der Waals surface area contributed by atoms with E-state index >= 15 is 0 Å². The highest BCUT2D eigenvalue weighted by molar-refractivity contribution is 5.80. The summed E-state index contributed by atoms with van der Waals surface area (Å²) in [5.74, 6) is -0.677. The number of ether oxygens (including phenoxy) is 1. The molecule has 0 aromatic heterocycles. The molecule has 0 bridgehead atoms. The van der Waals surface area contributed by atoms with Crippen LogP contribution < -0.4 is 5.48 Å². The minimum atomic E-state index is -0.367. The first-order valence-corrected chi connectivity index (χ1v) is 4.27. The Labute approximate surface area is 77.3 Å². The van der Waals surface area contributed by atoms with E-state index in [0.717, 1.165) is 0 Å². The van der Waals surface area contributed by atoms with Crippen LogP contribution in [-0.4, -0.2) is 25.1 Å². The van der Waals surface area contributed by atoms with Crippen LogP contribution in [0.3, 0.4) is 0 Å². The Morgan fingerprint density at radius 1 is 1.15 bits per heavy atom. The molecule has 0 saturated carbocycles. The van der Waals surface area contributed by atoms with Gasteiger partial charge in [-0.2, -0.15) is 0 Å². The lowest BCUT2D eigenvalue weighted by Crippen LogP contribution is -2.24. The molecule has 5 nitrogen and oxygen atoms in total. The van der Waals surface area contributed by atoms with Crippen molar-refractivity contribution in [3.63, 3.8) is 0 Å². The summed E-state index contributed by atoms with van der Waals surface area (Å²) in [4.78, 5) is 26.3. The SMILES string of the molecule is CCONC(=O)CCC(=O)OCC. The summed E-state index contributed by atoms with van der Waals surface area (Å²) in [7, 11) is 0. The van der Waals surface area contributed by atoms with E-state index < -0.39 is 0 Å². The fraction of sp³-hybridized carbons (Fsp3) is 0.750. The molecule has 0 spiro atoms. The summed E-state index contributed by atoms with van der Waals surface area (Å²) < 4.78 is 4.64. The Morgan fingerprint density at radius 3 is 2.38 bits per heavy atom. The molecular formula is C8H15NO4. The highest BCUT2D eigenvalue weighted by Gasteiger charge is 2.06. The van der Waals surface area contributed by atoms with Crippen LogP contribution in [-0.2, 0) is 19.2 Å².